The summed E-state index contributed by atoms with van der Waals surface area (Å²) in [4.78, 5) is 33.9. The normalized spacial score (nSPS) is 11.7. The summed E-state index contributed by atoms with van der Waals surface area (Å²) in [5.74, 6) is -0.521. The van der Waals surface area contributed by atoms with Gasteiger partial charge in [0, 0.05) is 18.6 Å². The number of hydrogen-bond donors (Lipinski definition) is 2. The molecule has 1 unspecified atom stereocenters. The van der Waals surface area contributed by atoms with Gasteiger partial charge in [-0.1, -0.05) is 19.8 Å². The Morgan fingerprint density at radius 3 is 2.24 bits per heavy atom. The fourth-order valence-electron chi connectivity index (χ4n) is 2.43. The van der Waals surface area contributed by atoms with Gasteiger partial charge in [-0.25, -0.2) is 4.79 Å². The van der Waals surface area contributed by atoms with Gasteiger partial charge in [-0.15, -0.1) is 0 Å². The number of unbranched alkanes of at least 4 members (excludes halogenated alkanes) is 2. The van der Waals surface area contributed by atoms with Crippen LogP contribution in [-0.4, -0.2) is 52.7 Å². The molecule has 2 N–H and O–H groups in total. The number of non-ortho nitro benzene ring substituents is 1. The fourth-order valence-corrected chi connectivity index (χ4v) is 2.43. The van der Waals surface area contributed by atoms with Crippen LogP contribution in [0.15, 0.2) is 24.3 Å². The third-order valence-electron chi connectivity index (χ3n) is 4.02. The predicted octanol–water partition coefficient (Wildman–Crippen LogP) is 2.74. The van der Waals surface area contributed by atoms with Crippen molar-refractivity contribution in [1.29, 1.82) is 0 Å². The first-order chi connectivity index (χ1) is 13.9. The molecule has 0 bridgehead atoms. The third kappa shape index (κ3) is 9.86. The molecule has 10 nitrogen and oxygen atoms in total. The second-order valence-corrected chi connectivity index (χ2v) is 6.35. The molecule has 1 atom stereocenters. The first kappa shape index (κ1) is 24.3. The second-order valence-electron chi connectivity index (χ2n) is 6.35. The van der Waals surface area contributed by atoms with Gasteiger partial charge in [0.2, 0.25) is 0 Å². The summed E-state index contributed by atoms with van der Waals surface area (Å²) in [5.41, 5.74) is -0.134. The Bertz CT molecular complexity index is 644. The smallest absolute Gasteiger partial charge is 0.457 e. The molecule has 1 aromatic rings. The Balaban J connectivity index is 2.58. The van der Waals surface area contributed by atoms with E-state index in [4.69, 9.17) is 24.4 Å². The lowest BCUT2D eigenvalue weighted by Crippen LogP contribution is -2.27. The van der Waals surface area contributed by atoms with Crippen LogP contribution in [0.3, 0.4) is 0 Å². The van der Waals surface area contributed by atoms with Gasteiger partial charge in [0.15, 0.2) is 0 Å². The Labute approximate surface area is 168 Å². The van der Waals surface area contributed by atoms with Gasteiger partial charge < -0.3 is 24.4 Å². The van der Waals surface area contributed by atoms with Crippen LogP contribution in [-0.2, 0) is 14.3 Å². The van der Waals surface area contributed by atoms with E-state index in [1.165, 1.54) is 24.3 Å². The van der Waals surface area contributed by atoms with Gasteiger partial charge in [-0.05, 0) is 31.4 Å². The topological polar surface area (TPSA) is 145 Å². The van der Waals surface area contributed by atoms with E-state index < -0.39 is 42.5 Å². The summed E-state index contributed by atoms with van der Waals surface area (Å²) in [5, 5.41) is 28.5. The minimum Gasteiger partial charge on any atom is -0.457 e. The molecular weight excluding hydrogens is 386 g/mol. The minimum atomic E-state index is -0.978. The van der Waals surface area contributed by atoms with Crippen LogP contribution in [0.4, 0.5) is 10.5 Å². The van der Waals surface area contributed by atoms with Crippen LogP contribution < -0.4 is 4.74 Å². The molecule has 10 heteroatoms. The quantitative estimate of drug-likeness (QED) is 0.164. The van der Waals surface area contributed by atoms with Crippen molar-refractivity contribution in [3.05, 3.63) is 34.4 Å². The highest BCUT2D eigenvalue weighted by molar-refractivity contribution is 5.69. The first-order valence-corrected chi connectivity index (χ1v) is 9.43. The van der Waals surface area contributed by atoms with Crippen molar-refractivity contribution >= 4 is 17.8 Å². The van der Waals surface area contributed by atoms with Crippen LogP contribution in [0, 0.1) is 10.1 Å². The Morgan fingerprint density at radius 2 is 1.69 bits per heavy atom. The molecule has 0 radical (unpaired) electrons. The number of esters is 1. The molecule has 162 valence electrons. The zero-order valence-corrected chi connectivity index (χ0v) is 16.3. The summed E-state index contributed by atoms with van der Waals surface area (Å²) < 4.78 is 15.2. The maximum absolute atomic E-state index is 12.0. The molecule has 0 aliphatic heterocycles. The van der Waals surface area contributed by atoms with E-state index in [0.29, 0.717) is 6.42 Å². The van der Waals surface area contributed by atoms with Gasteiger partial charge in [0.25, 0.3) is 5.69 Å². The zero-order chi connectivity index (χ0) is 21.6. The number of ether oxygens (including phenoxy) is 3. The largest absolute Gasteiger partial charge is 0.514 e. The van der Waals surface area contributed by atoms with Gasteiger partial charge >= 0.3 is 12.1 Å². The molecule has 0 aliphatic carbocycles. The van der Waals surface area contributed by atoms with Crippen molar-refractivity contribution < 1.29 is 38.9 Å². The molecule has 0 fully saturated rings. The molecule has 1 aromatic carbocycles. The van der Waals surface area contributed by atoms with Crippen LogP contribution in [0.1, 0.15) is 45.4 Å². The molecule has 0 saturated heterocycles. The number of nitro groups is 1. The number of hydrogen-bond acceptors (Lipinski definition) is 9. The lowest BCUT2D eigenvalue weighted by Gasteiger charge is -2.18. The van der Waals surface area contributed by atoms with E-state index in [0.717, 1.165) is 19.3 Å². The Kier molecular flexibility index (Phi) is 11.3. The highest BCUT2D eigenvalue weighted by Crippen LogP contribution is 2.19. The third-order valence-corrected chi connectivity index (χ3v) is 4.02. The van der Waals surface area contributed by atoms with Crippen molar-refractivity contribution in [2.75, 3.05) is 13.2 Å². The van der Waals surface area contributed by atoms with Gasteiger partial charge in [0.05, 0.1) is 18.1 Å². The Morgan fingerprint density at radius 1 is 1.03 bits per heavy atom. The second kappa shape index (κ2) is 13.5. The average Bonchev–Trinajstić information content (AvgIpc) is 2.70. The number of aliphatic hydroxyl groups excluding tert-OH is 2. The highest BCUT2D eigenvalue weighted by Gasteiger charge is 2.20. The number of carbonyl (C=O) groups is 2. The number of benzene rings is 1. The SMILES string of the molecule is CCCCCC(CCC(=O)OC(CO)CO)OC(=O)Oc1ccc([N+](=O)[O-])cc1. The molecule has 0 amide bonds. The number of nitrogens with zero attached hydrogens (tertiary/aromatic N) is 1. The van der Waals surface area contributed by atoms with E-state index >= 15 is 0 Å². The molecule has 0 heterocycles. The summed E-state index contributed by atoms with van der Waals surface area (Å²) in [7, 11) is 0. The Hall–Kier alpha value is -2.72. The van der Waals surface area contributed by atoms with E-state index in [1.54, 1.807) is 0 Å². The zero-order valence-electron chi connectivity index (χ0n) is 16.3. The lowest BCUT2D eigenvalue weighted by molar-refractivity contribution is -0.384. The van der Waals surface area contributed by atoms with Crippen LogP contribution in [0.25, 0.3) is 0 Å². The first-order valence-electron chi connectivity index (χ1n) is 9.43. The summed E-state index contributed by atoms with van der Waals surface area (Å²) in [6, 6.07) is 4.98. The summed E-state index contributed by atoms with van der Waals surface area (Å²) in [6.45, 7) is 1.06. The standard InChI is InChI=1S/C19H27NO9/c1-2-3-4-5-15(10-11-18(23)27-17(12-21)13-22)28-19(24)29-16-8-6-14(7-9-16)20(25)26/h6-9,15,17,21-22H,2-5,10-13H2,1H3. The molecule has 0 saturated carbocycles. The molecular formula is C19H27NO9. The average molecular weight is 413 g/mol. The van der Waals surface area contributed by atoms with E-state index in [-0.39, 0.29) is 24.3 Å². The molecule has 0 spiro atoms. The van der Waals surface area contributed by atoms with Crippen LogP contribution >= 0.6 is 0 Å². The van der Waals surface area contributed by atoms with Crippen molar-refractivity contribution in [2.24, 2.45) is 0 Å². The fraction of sp³-hybridized carbons (Fsp3) is 0.579. The van der Waals surface area contributed by atoms with Crippen LogP contribution in [0.5, 0.6) is 5.75 Å². The predicted molar refractivity (Wildman–Crippen MR) is 101 cm³/mol. The van der Waals surface area contributed by atoms with Gasteiger partial charge in [0.1, 0.15) is 18.0 Å². The van der Waals surface area contributed by atoms with Crippen molar-refractivity contribution in [3.8, 4) is 5.75 Å². The molecule has 29 heavy (non-hydrogen) atoms. The minimum absolute atomic E-state index is 0.0574. The lowest BCUT2D eigenvalue weighted by atomic mass is 10.1. The number of aliphatic hydroxyl groups is 2. The highest BCUT2D eigenvalue weighted by atomic mass is 16.7. The number of rotatable bonds is 13. The van der Waals surface area contributed by atoms with Crippen molar-refractivity contribution in [1.82, 2.24) is 0 Å². The van der Waals surface area contributed by atoms with Crippen molar-refractivity contribution in [2.45, 2.75) is 57.7 Å². The maximum Gasteiger partial charge on any atom is 0.514 e. The summed E-state index contributed by atoms with van der Waals surface area (Å²) >= 11 is 0. The maximum atomic E-state index is 12.0. The van der Waals surface area contributed by atoms with E-state index in [1.807, 2.05) is 6.92 Å². The molecule has 1 rings (SSSR count). The van der Waals surface area contributed by atoms with Gasteiger partial charge in [-0.2, -0.15) is 0 Å². The summed E-state index contributed by atoms with van der Waals surface area (Å²) in [6.07, 6.45) is 0.819. The molecule has 0 aliphatic rings. The van der Waals surface area contributed by atoms with E-state index in [2.05, 4.69) is 0 Å². The van der Waals surface area contributed by atoms with E-state index in [9.17, 15) is 19.7 Å². The monoisotopic (exact) mass is 413 g/mol. The van der Waals surface area contributed by atoms with Crippen molar-refractivity contribution in [3.63, 3.8) is 0 Å². The number of nitro benzene ring substituents is 1. The van der Waals surface area contributed by atoms with Gasteiger partial charge in [-0.3, -0.25) is 14.9 Å². The number of carbonyl (C=O) groups excluding carboxylic acids is 2. The van der Waals surface area contributed by atoms with Crippen LogP contribution in [0.2, 0.25) is 0 Å². The molecule has 0 aromatic heterocycles.